The van der Waals surface area contributed by atoms with Crippen LogP contribution < -0.4 is 0 Å². The van der Waals surface area contributed by atoms with Crippen molar-refractivity contribution >= 4 is 5.97 Å². The molecular weight excluding hydrogens is 332 g/mol. The molecule has 0 heterocycles. The summed E-state index contributed by atoms with van der Waals surface area (Å²) in [6.07, 6.45) is 14.5. The first-order valence-corrected chi connectivity index (χ1v) is 10.6. The first-order chi connectivity index (χ1) is 12.5. The highest BCUT2D eigenvalue weighted by atomic mass is 16.5. The standard InChI is InChI=1S/C18H36O2.C3H8O3/c1-4-6-8-9-10-11-12-14-16-18(19)20-17(3)15-13-7-5-2;4-1-3(6)2-5/h17H,4-16H2,1-3H3;3-6H,1-2H2. The van der Waals surface area contributed by atoms with Crippen LogP contribution in [0.25, 0.3) is 0 Å². The number of aliphatic hydroxyl groups is 3. The first-order valence-electron chi connectivity index (χ1n) is 10.6. The highest BCUT2D eigenvalue weighted by molar-refractivity contribution is 5.69. The third-order valence-electron chi connectivity index (χ3n) is 4.20. The van der Waals surface area contributed by atoms with E-state index in [0.29, 0.717) is 6.42 Å². The molecule has 0 aromatic heterocycles. The van der Waals surface area contributed by atoms with Gasteiger partial charge in [0, 0.05) is 6.42 Å². The van der Waals surface area contributed by atoms with Gasteiger partial charge in [0.2, 0.25) is 0 Å². The van der Waals surface area contributed by atoms with Crippen LogP contribution in [0, 0.1) is 0 Å². The zero-order valence-electron chi connectivity index (χ0n) is 17.4. The molecule has 3 N–H and O–H groups in total. The van der Waals surface area contributed by atoms with Gasteiger partial charge in [0.1, 0.15) is 6.10 Å². The Balaban J connectivity index is 0. The Labute approximate surface area is 161 Å². The van der Waals surface area contributed by atoms with E-state index in [1.165, 1.54) is 64.2 Å². The Bertz CT molecular complexity index is 280. The summed E-state index contributed by atoms with van der Waals surface area (Å²) in [4.78, 5) is 11.6. The fourth-order valence-electron chi connectivity index (χ4n) is 2.48. The SMILES string of the molecule is CCCCCCCCCCC(=O)OC(C)CCCCC.OCC(O)CO. The quantitative estimate of drug-likeness (QED) is 0.275. The highest BCUT2D eigenvalue weighted by Gasteiger charge is 2.08. The van der Waals surface area contributed by atoms with Gasteiger partial charge < -0.3 is 20.1 Å². The number of ether oxygens (including phenoxy) is 1. The van der Waals surface area contributed by atoms with Gasteiger partial charge in [-0.3, -0.25) is 4.79 Å². The Hall–Kier alpha value is -0.650. The number of carbonyl (C=O) groups is 1. The van der Waals surface area contributed by atoms with Gasteiger partial charge in [0.15, 0.2) is 0 Å². The molecular formula is C21H44O5. The van der Waals surface area contributed by atoms with Crippen LogP contribution in [0.5, 0.6) is 0 Å². The number of unbranched alkanes of at least 4 members (excludes halogenated alkanes) is 9. The summed E-state index contributed by atoms with van der Waals surface area (Å²) in [5.41, 5.74) is 0. The van der Waals surface area contributed by atoms with Crippen molar-refractivity contribution in [3.05, 3.63) is 0 Å². The minimum Gasteiger partial charge on any atom is -0.463 e. The van der Waals surface area contributed by atoms with E-state index in [0.717, 1.165) is 12.8 Å². The maximum absolute atomic E-state index is 11.6. The minimum atomic E-state index is -0.954. The molecule has 0 radical (unpaired) electrons. The lowest BCUT2D eigenvalue weighted by atomic mass is 10.1. The molecule has 1 atom stereocenters. The van der Waals surface area contributed by atoms with Gasteiger partial charge in [-0.25, -0.2) is 0 Å². The zero-order chi connectivity index (χ0) is 20.0. The number of aliphatic hydroxyl groups excluding tert-OH is 3. The van der Waals surface area contributed by atoms with Crippen LogP contribution in [-0.4, -0.2) is 46.7 Å². The van der Waals surface area contributed by atoms with E-state index in [2.05, 4.69) is 13.8 Å². The second kappa shape index (κ2) is 22.4. The Kier molecular flexibility index (Phi) is 23.7. The van der Waals surface area contributed by atoms with Crippen molar-refractivity contribution in [1.82, 2.24) is 0 Å². The van der Waals surface area contributed by atoms with Crippen LogP contribution in [0.15, 0.2) is 0 Å². The molecule has 0 saturated heterocycles. The molecule has 0 saturated carbocycles. The zero-order valence-corrected chi connectivity index (χ0v) is 17.4. The van der Waals surface area contributed by atoms with E-state index < -0.39 is 6.10 Å². The molecule has 0 fully saturated rings. The topological polar surface area (TPSA) is 87.0 Å². The minimum absolute atomic E-state index is 0.0000172. The van der Waals surface area contributed by atoms with Crippen LogP contribution in [-0.2, 0) is 9.53 Å². The number of hydrogen-bond donors (Lipinski definition) is 3. The van der Waals surface area contributed by atoms with Crippen LogP contribution >= 0.6 is 0 Å². The van der Waals surface area contributed by atoms with Gasteiger partial charge in [0.25, 0.3) is 0 Å². The predicted molar refractivity (Wildman–Crippen MR) is 107 cm³/mol. The van der Waals surface area contributed by atoms with Crippen LogP contribution in [0.4, 0.5) is 0 Å². The number of esters is 1. The summed E-state index contributed by atoms with van der Waals surface area (Å²) in [5.74, 6) is -0.0000172. The molecule has 26 heavy (non-hydrogen) atoms. The Morgan fingerprint density at radius 1 is 0.808 bits per heavy atom. The Morgan fingerprint density at radius 3 is 1.73 bits per heavy atom. The van der Waals surface area contributed by atoms with E-state index in [9.17, 15) is 4.79 Å². The number of hydrogen-bond acceptors (Lipinski definition) is 5. The van der Waals surface area contributed by atoms with Crippen molar-refractivity contribution in [2.24, 2.45) is 0 Å². The third-order valence-corrected chi connectivity index (χ3v) is 4.20. The molecule has 0 aromatic carbocycles. The van der Waals surface area contributed by atoms with Gasteiger partial charge >= 0.3 is 5.97 Å². The molecule has 5 nitrogen and oxygen atoms in total. The smallest absolute Gasteiger partial charge is 0.306 e. The summed E-state index contributed by atoms with van der Waals surface area (Å²) in [7, 11) is 0. The normalized spacial score (nSPS) is 11.8. The van der Waals surface area contributed by atoms with Crippen LogP contribution in [0.3, 0.4) is 0 Å². The maximum atomic E-state index is 11.6. The second-order valence-corrected chi connectivity index (χ2v) is 7.04. The van der Waals surface area contributed by atoms with E-state index in [4.69, 9.17) is 20.1 Å². The lowest BCUT2D eigenvalue weighted by Crippen LogP contribution is -2.15. The van der Waals surface area contributed by atoms with Gasteiger partial charge in [-0.1, -0.05) is 71.6 Å². The van der Waals surface area contributed by atoms with Crippen molar-refractivity contribution in [2.75, 3.05) is 13.2 Å². The van der Waals surface area contributed by atoms with Crippen molar-refractivity contribution in [3.8, 4) is 0 Å². The average Bonchev–Trinajstić information content (AvgIpc) is 2.63. The molecule has 5 heteroatoms. The van der Waals surface area contributed by atoms with E-state index in [1.54, 1.807) is 0 Å². The lowest BCUT2D eigenvalue weighted by molar-refractivity contribution is -0.148. The largest absolute Gasteiger partial charge is 0.463 e. The average molecular weight is 377 g/mol. The molecule has 0 bridgehead atoms. The molecule has 0 aliphatic rings. The second-order valence-electron chi connectivity index (χ2n) is 7.04. The molecule has 0 rings (SSSR count). The molecule has 158 valence electrons. The molecule has 0 aromatic rings. The van der Waals surface area contributed by atoms with Crippen molar-refractivity contribution in [1.29, 1.82) is 0 Å². The number of rotatable bonds is 16. The molecule has 0 aliphatic carbocycles. The van der Waals surface area contributed by atoms with E-state index in [-0.39, 0.29) is 25.3 Å². The van der Waals surface area contributed by atoms with Gasteiger partial charge in [-0.05, 0) is 26.2 Å². The first kappa shape index (κ1) is 27.6. The lowest BCUT2D eigenvalue weighted by Gasteiger charge is -2.12. The van der Waals surface area contributed by atoms with E-state index >= 15 is 0 Å². The molecule has 0 spiro atoms. The summed E-state index contributed by atoms with van der Waals surface area (Å²) in [5, 5.41) is 24.0. The fourth-order valence-corrected chi connectivity index (χ4v) is 2.48. The van der Waals surface area contributed by atoms with Crippen molar-refractivity contribution in [3.63, 3.8) is 0 Å². The van der Waals surface area contributed by atoms with Crippen molar-refractivity contribution < 1.29 is 24.9 Å². The highest BCUT2D eigenvalue weighted by Crippen LogP contribution is 2.11. The van der Waals surface area contributed by atoms with E-state index in [1.807, 2.05) is 6.92 Å². The summed E-state index contributed by atoms with van der Waals surface area (Å²) < 4.78 is 5.42. The summed E-state index contributed by atoms with van der Waals surface area (Å²) >= 11 is 0. The van der Waals surface area contributed by atoms with Gasteiger partial charge in [0.05, 0.1) is 19.3 Å². The van der Waals surface area contributed by atoms with Crippen LogP contribution in [0.1, 0.15) is 104 Å². The van der Waals surface area contributed by atoms with Gasteiger partial charge in [-0.15, -0.1) is 0 Å². The van der Waals surface area contributed by atoms with Crippen LogP contribution in [0.2, 0.25) is 0 Å². The molecule has 0 amide bonds. The monoisotopic (exact) mass is 376 g/mol. The molecule has 0 aliphatic heterocycles. The Morgan fingerprint density at radius 2 is 1.27 bits per heavy atom. The fraction of sp³-hybridized carbons (Fsp3) is 0.952. The van der Waals surface area contributed by atoms with Gasteiger partial charge in [-0.2, -0.15) is 0 Å². The third kappa shape index (κ3) is 23.4. The number of carbonyl (C=O) groups excluding carboxylic acids is 1. The van der Waals surface area contributed by atoms with Crippen molar-refractivity contribution in [2.45, 2.75) is 116 Å². The summed E-state index contributed by atoms with van der Waals surface area (Å²) in [6, 6.07) is 0. The predicted octanol–water partition coefficient (Wildman–Crippen LogP) is 4.36. The molecule has 1 unspecified atom stereocenters. The maximum Gasteiger partial charge on any atom is 0.306 e. The summed E-state index contributed by atoms with van der Waals surface area (Å²) in [6.45, 7) is 5.72.